The van der Waals surface area contributed by atoms with Gasteiger partial charge in [0.25, 0.3) is 11.8 Å². The second-order valence-corrected chi connectivity index (χ2v) is 10.9. The molecule has 11 heteroatoms. The lowest BCUT2D eigenvalue weighted by Crippen LogP contribution is -2.53. The van der Waals surface area contributed by atoms with E-state index in [2.05, 4.69) is 24.1 Å². The Kier molecular flexibility index (Phi) is 8.64. The van der Waals surface area contributed by atoms with Gasteiger partial charge in [0, 0.05) is 37.0 Å². The average Bonchev–Trinajstić information content (AvgIpc) is 3.58. The molecule has 0 saturated carbocycles. The number of hydrogen-bond acceptors (Lipinski definition) is 7. The van der Waals surface area contributed by atoms with E-state index in [9.17, 15) is 24.0 Å². The fourth-order valence-electron chi connectivity index (χ4n) is 5.62. The van der Waals surface area contributed by atoms with Crippen molar-refractivity contribution in [2.75, 3.05) is 31.1 Å². The van der Waals surface area contributed by atoms with Crippen molar-refractivity contribution in [3.8, 4) is 0 Å². The third-order valence-electron chi connectivity index (χ3n) is 7.53. The smallest absolute Gasteiger partial charge is 0.272 e. The Bertz CT molecular complexity index is 1180. The molecule has 3 heterocycles. The van der Waals surface area contributed by atoms with Crippen LogP contribution < -0.4 is 10.2 Å². The molecular weight excluding hydrogens is 524 g/mol. The van der Waals surface area contributed by atoms with Crippen LogP contribution >= 0.6 is 11.6 Å². The zero-order valence-corrected chi connectivity index (χ0v) is 23.4. The summed E-state index contributed by atoms with van der Waals surface area (Å²) in [7, 11) is 0. The summed E-state index contributed by atoms with van der Waals surface area (Å²) in [6, 6.07) is 5.02. The Morgan fingerprint density at radius 3 is 2.33 bits per heavy atom. The number of Topliss-reactive ketones (excluding diaryl/α,β-unsaturated/α-hetero) is 1. The summed E-state index contributed by atoms with van der Waals surface area (Å²) in [6.45, 7) is 9.77. The number of nitrogens with one attached hydrogen (secondary N) is 1. The highest BCUT2D eigenvalue weighted by Crippen LogP contribution is 2.32. The minimum Gasteiger partial charge on any atom is -0.461 e. The first-order chi connectivity index (χ1) is 18.5. The number of benzene rings is 1. The SMILES string of the molecule is CCN(CC)c1ccc(C(=O)NC(CC(C)C)C(=O)N2CCC3C2C(=O)CN3C(=O)C2OC(Cl)=CC2=O)cc1. The van der Waals surface area contributed by atoms with Crippen molar-refractivity contribution in [2.24, 2.45) is 5.92 Å². The standard InChI is InChI=1S/C28H35ClN4O6/c1-5-31(6-2)18-9-7-17(8-10-18)26(36)30-19(13-16(3)4)27(37)32-12-11-20-24(32)22(35)15-33(20)28(38)25-21(34)14-23(29)39-25/h7-10,14,16,19-20,24-25H,5-6,11-13,15H2,1-4H3,(H,30,36). The number of nitrogens with zero attached hydrogens (tertiary/aromatic N) is 3. The summed E-state index contributed by atoms with van der Waals surface area (Å²) >= 11 is 5.74. The molecule has 210 valence electrons. The van der Waals surface area contributed by atoms with E-state index in [1.807, 2.05) is 26.0 Å². The van der Waals surface area contributed by atoms with E-state index in [0.717, 1.165) is 24.9 Å². The zero-order chi connectivity index (χ0) is 28.4. The summed E-state index contributed by atoms with van der Waals surface area (Å²) in [6.07, 6.45) is 0.405. The molecule has 1 aromatic rings. The molecule has 0 radical (unpaired) electrons. The van der Waals surface area contributed by atoms with Gasteiger partial charge in [0.05, 0.1) is 12.6 Å². The van der Waals surface area contributed by atoms with Gasteiger partial charge in [-0.2, -0.15) is 0 Å². The molecule has 1 aromatic carbocycles. The number of fused-ring (bicyclic) bond motifs is 1. The molecule has 0 spiro atoms. The average molecular weight is 559 g/mol. The molecule has 3 aliphatic heterocycles. The number of carbonyl (C=O) groups is 5. The second kappa shape index (κ2) is 11.8. The van der Waals surface area contributed by atoms with Crippen LogP contribution in [-0.4, -0.2) is 89.5 Å². The van der Waals surface area contributed by atoms with Crippen LogP contribution in [0.1, 0.15) is 50.9 Å². The third-order valence-corrected chi connectivity index (χ3v) is 7.72. The first kappa shape index (κ1) is 28.6. The van der Waals surface area contributed by atoms with Crippen molar-refractivity contribution in [1.82, 2.24) is 15.1 Å². The molecule has 0 aromatic heterocycles. The van der Waals surface area contributed by atoms with Gasteiger partial charge in [0.1, 0.15) is 12.1 Å². The van der Waals surface area contributed by atoms with Crippen LogP contribution in [0.4, 0.5) is 5.69 Å². The molecule has 3 amide bonds. The molecule has 1 N–H and O–H groups in total. The Morgan fingerprint density at radius 2 is 1.77 bits per heavy atom. The summed E-state index contributed by atoms with van der Waals surface area (Å²) in [5.41, 5.74) is 1.45. The fraction of sp³-hybridized carbons (Fsp3) is 0.536. The predicted octanol–water partition coefficient (Wildman–Crippen LogP) is 2.11. The second-order valence-electron chi connectivity index (χ2n) is 10.5. The van der Waals surface area contributed by atoms with Gasteiger partial charge in [-0.1, -0.05) is 13.8 Å². The molecule has 39 heavy (non-hydrogen) atoms. The molecule has 4 atom stereocenters. The topological polar surface area (TPSA) is 116 Å². The van der Waals surface area contributed by atoms with E-state index in [1.54, 1.807) is 12.1 Å². The molecule has 4 unspecified atom stereocenters. The van der Waals surface area contributed by atoms with Gasteiger partial charge >= 0.3 is 0 Å². The van der Waals surface area contributed by atoms with Crippen LogP contribution in [0.2, 0.25) is 0 Å². The van der Waals surface area contributed by atoms with Crippen molar-refractivity contribution < 1.29 is 28.7 Å². The van der Waals surface area contributed by atoms with Crippen LogP contribution in [0.15, 0.2) is 35.6 Å². The lowest BCUT2D eigenvalue weighted by Gasteiger charge is -2.29. The van der Waals surface area contributed by atoms with E-state index in [4.69, 9.17) is 16.3 Å². The summed E-state index contributed by atoms with van der Waals surface area (Å²) < 4.78 is 5.15. The summed E-state index contributed by atoms with van der Waals surface area (Å²) in [4.78, 5) is 70.0. The first-order valence-corrected chi connectivity index (χ1v) is 13.8. The van der Waals surface area contributed by atoms with Crippen molar-refractivity contribution in [1.29, 1.82) is 0 Å². The largest absolute Gasteiger partial charge is 0.461 e. The fourth-order valence-corrected chi connectivity index (χ4v) is 5.82. The predicted molar refractivity (Wildman–Crippen MR) is 145 cm³/mol. The highest BCUT2D eigenvalue weighted by Gasteiger charge is 2.54. The maximum atomic E-state index is 13.7. The minimum atomic E-state index is -1.41. The summed E-state index contributed by atoms with van der Waals surface area (Å²) in [5, 5.41) is 2.71. The van der Waals surface area contributed by atoms with E-state index in [1.165, 1.54) is 9.80 Å². The summed E-state index contributed by atoms with van der Waals surface area (Å²) in [5.74, 6) is -2.12. The zero-order valence-electron chi connectivity index (χ0n) is 22.7. The van der Waals surface area contributed by atoms with Gasteiger partial charge in [0.2, 0.25) is 17.8 Å². The molecular formula is C28H35ClN4O6. The maximum Gasteiger partial charge on any atom is 0.272 e. The van der Waals surface area contributed by atoms with E-state index in [0.29, 0.717) is 18.4 Å². The molecule has 2 saturated heterocycles. The van der Waals surface area contributed by atoms with Crippen LogP contribution in [-0.2, 0) is 23.9 Å². The van der Waals surface area contributed by atoms with Crippen LogP contribution in [0.3, 0.4) is 0 Å². The number of carbonyl (C=O) groups excluding carboxylic acids is 5. The van der Waals surface area contributed by atoms with Crippen LogP contribution in [0.25, 0.3) is 0 Å². The molecule has 0 aliphatic carbocycles. The van der Waals surface area contributed by atoms with Gasteiger partial charge in [-0.3, -0.25) is 24.0 Å². The van der Waals surface area contributed by atoms with Crippen molar-refractivity contribution in [2.45, 2.75) is 64.8 Å². The van der Waals surface area contributed by atoms with Crippen molar-refractivity contribution >= 4 is 46.6 Å². The van der Waals surface area contributed by atoms with Crippen molar-refractivity contribution in [3.63, 3.8) is 0 Å². The molecule has 4 rings (SSSR count). The Balaban J connectivity index is 1.47. The molecule has 0 bridgehead atoms. The van der Waals surface area contributed by atoms with Crippen molar-refractivity contribution in [3.05, 3.63) is 41.1 Å². The van der Waals surface area contributed by atoms with E-state index < -0.39 is 35.9 Å². The number of amides is 3. The monoisotopic (exact) mass is 558 g/mol. The number of anilines is 1. The lowest BCUT2D eigenvalue weighted by molar-refractivity contribution is -0.145. The lowest BCUT2D eigenvalue weighted by atomic mass is 10.0. The highest BCUT2D eigenvalue weighted by atomic mass is 35.5. The van der Waals surface area contributed by atoms with Gasteiger partial charge < -0.3 is 24.8 Å². The highest BCUT2D eigenvalue weighted by molar-refractivity contribution is 6.32. The van der Waals surface area contributed by atoms with Gasteiger partial charge in [0.15, 0.2) is 11.0 Å². The van der Waals surface area contributed by atoms with Gasteiger partial charge in [-0.15, -0.1) is 0 Å². The number of rotatable bonds is 9. The molecule has 3 aliphatic rings. The Hall–Kier alpha value is -3.40. The Labute approximate surface area is 233 Å². The third kappa shape index (κ3) is 5.80. The molecule has 10 nitrogen and oxygen atoms in total. The number of ketones is 2. The van der Waals surface area contributed by atoms with Gasteiger partial charge in [-0.25, -0.2) is 0 Å². The number of likely N-dealkylation sites (tertiary alicyclic amines) is 2. The number of ether oxygens (including phenoxy) is 1. The number of halogens is 1. The minimum absolute atomic E-state index is 0.0998. The van der Waals surface area contributed by atoms with Crippen LogP contribution in [0.5, 0.6) is 0 Å². The van der Waals surface area contributed by atoms with E-state index >= 15 is 0 Å². The Morgan fingerprint density at radius 1 is 1.10 bits per heavy atom. The number of hydrogen-bond donors (Lipinski definition) is 1. The first-order valence-electron chi connectivity index (χ1n) is 13.4. The quantitative estimate of drug-likeness (QED) is 0.461. The van der Waals surface area contributed by atoms with Gasteiger partial charge in [-0.05, 0) is 68.5 Å². The molecule has 2 fully saturated rings. The van der Waals surface area contributed by atoms with E-state index in [-0.39, 0.29) is 41.8 Å². The van der Waals surface area contributed by atoms with Crippen LogP contribution in [0, 0.1) is 5.92 Å². The maximum absolute atomic E-state index is 13.7. The normalized spacial score (nSPS) is 23.0.